The second-order valence-corrected chi connectivity index (χ2v) is 4.68. The molecule has 5 atom stereocenters. The summed E-state index contributed by atoms with van der Waals surface area (Å²) in [5, 5.41) is 0. The van der Waals surface area contributed by atoms with Gasteiger partial charge in [0.15, 0.2) is 18.3 Å². The zero-order chi connectivity index (χ0) is 16.9. The molecule has 1 aliphatic rings. The van der Waals surface area contributed by atoms with Gasteiger partial charge >= 0.3 is 17.9 Å². The van der Waals surface area contributed by atoms with E-state index in [0.29, 0.717) is 0 Å². The molecule has 1 heterocycles. The Morgan fingerprint density at radius 2 is 1.73 bits per heavy atom. The van der Waals surface area contributed by atoms with Gasteiger partial charge in [-0.1, -0.05) is 0 Å². The third-order valence-electron chi connectivity index (χ3n) is 2.90. The van der Waals surface area contributed by atoms with E-state index in [1.54, 1.807) is 0 Å². The molecule has 8 nitrogen and oxygen atoms in total. The summed E-state index contributed by atoms with van der Waals surface area (Å²) >= 11 is 0. The van der Waals surface area contributed by atoms with E-state index in [0.717, 1.165) is 13.8 Å². The Hall–Kier alpha value is -1.74. The van der Waals surface area contributed by atoms with Crippen LogP contribution in [0.25, 0.3) is 0 Å². The van der Waals surface area contributed by atoms with Crippen molar-refractivity contribution in [2.75, 3.05) is 13.7 Å². The zero-order valence-corrected chi connectivity index (χ0v) is 12.7. The number of alkyl halides is 1. The first-order chi connectivity index (χ1) is 10.3. The molecular formula is C13H19FO8. The first-order valence-corrected chi connectivity index (χ1v) is 6.56. The quantitative estimate of drug-likeness (QED) is 0.502. The van der Waals surface area contributed by atoms with Gasteiger partial charge < -0.3 is 23.7 Å². The van der Waals surface area contributed by atoms with E-state index in [9.17, 15) is 18.8 Å². The molecule has 1 aliphatic heterocycles. The van der Waals surface area contributed by atoms with Gasteiger partial charge in [-0.15, -0.1) is 0 Å². The number of carbonyl (C=O) groups excluding carboxylic acids is 3. The molecule has 0 amide bonds. The van der Waals surface area contributed by atoms with E-state index in [-0.39, 0.29) is 6.61 Å². The molecular weight excluding hydrogens is 303 g/mol. The normalized spacial score (nSPS) is 28.8. The largest absolute Gasteiger partial charge is 0.462 e. The van der Waals surface area contributed by atoms with Gasteiger partial charge in [-0.2, -0.15) is 0 Å². The van der Waals surface area contributed by atoms with Crippen molar-refractivity contribution in [3.05, 3.63) is 0 Å². The summed E-state index contributed by atoms with van der Waals surface area (Å²) in [5.74, 6) is -1.97. The SMILES string of the molecule is CO[C@@H]1[C@@H](OC(C)=O)[C@@H]([C@H](COC(C)=O)OC(C)=O)O[C@@H]1F. The Labute approximate surface area is 126 Å². The second kappa shape index (κ2) is 8.04. The van der Waals surface area contributed by atoms with E-state index in [4.69, 9.17) is 23.7 Å². The molecule has 0 spiro atoms. The molecule has 0 radical (unpaired) electrons. The first kappa shape index (κ1) is 18.3. The highest BCUT2D eigenvalue weighted by Gasteiger charge is 2.52. The van der Waals surface area contributed by atoms with E-state index in [1.807, 2.05) is 0 Å². The topological polar surface area (TPSA) is 97.4 Å². The number of esters is 3. The van der Waals surface area contributed by atoms with Gasteiger partial charge in [-0.05, 0) is 0 Å². The highest BCUT2D eigenvalue weighted by Crippen LogP contribution is 2.30. The van der Waals surface area contributed by atoms with Crippen LogP contribution in [0.15, 0.2) is 0 Å². The standard InChI is InChI=1S/C13H19FO8/c1-6(15)19-5-9(20-7(2)16)10-11(21-8(3)17)12(18-4)13(14)22-10/h9-13H,5H2,1-4H3/t9-,10+,11-,12+,13-/m0/s1. The molecule has 0 bridgehead atoms. The molecule has 0 aromatic carbocycles. The maximum atomic E-state index is 13.8. The predicted molar refractivity (Wildman–Crippen MR) is 68.3 cm³/mol. The molecule has 1 fully saturated rings. The lowest BCUT2D eigenvalue weighted by Gasteiger charge is -2.27. The zero-order valence-electron chi connectivity index (χ0n) is 12.7. The molecule has 9 heteroatoms. The average molecular weight is 322 g/mol. The van der Waals surface area contributed by atoms with Crippen LogP contribution in [0, 0.1) is 0 Å². The third kappa shape index (κ3) is 4.92. The monoisotopic (exact) mass is 322 g/mol. The van der Waals surface area contributed by atoms with E-state index in [1.165, 1.54) is 14.0 Å². The van der Waals surface area contributed by atoms with Crippen molar-refractivity contribution in [1.82, 2.24) is 0 Å². The maximum Gasteiger partial charge on any atom is 0.303 e. The summed E-state index contributed by atoms with van der Waals surface area (Å²) in [6, 6.07) is 0. The Balaban J connectivity index is 2.94. The fourth-order valence-corrected chi connectivity index (χ4v) is 2.12. The molecule has 0 aliphatic carbocycles. The van der Waals surface area contributed by atoms with Crippen LogP contribution >= 0.6 is 0 Å². The first-order valence-electron chi connectivity index (χ1n) is 6.56. The van der Waals surface area contributed by atoms with Crippen molar-refractivity contribution < 1.29 is 42.5 Å². The minimum absolute atomic E-state index is 0.361. The molecule has 0 aromatic heterocycles. The van der Waals surface area contributed by atoms with Crippen molar-refractivity contribution in [2.45, 2.75) is 51.5 Å². The summed E-state index contributed by atoms with van der Waals surface area (Å²) in [7, 11) is 1.23. The molecule has 0 saturated carbocycles. The van der Waals surface area contributed by atoms with Gasteiger partial charge in [0, 0.05) is 27.9 Å². The predicted octanol–water partition coefficient (Wildman–Crippen LogP) is 0.122. The number of hydrogen-bond donors (Lipinski definition) is 0. The van der Waals surface area contributed by atoms with Crippen LogP contribution in [0.3, 0.4) is 0 Å². The van der Waals surface area contributed by atoms with Gasteiger partial charge in [0.1, 0.15) is 12.7 Å². The Bertz CT molecular complexity index is 426. The molecule has 0 N–H and O–H groups in total. The fraction of sp³-hybridized carbons (Fsp3) is 0.769. The molecule has 0 aromatic rings. The number of ether oxygens (including phenoxy) is 5. The number of carbonyl (C=O) groups is 3. The summed E-state index contributed by atoms with van der Waals surface area (Å²) < 4.78 is 38.6. The van der Waals surface area contributed by atoms with Crippen LogP contribution in [-0.2, 0) is 38.1 Å². The van der Waals surface area contributed by atoms with Crippen molar-refractivity contribution in [3.63, 3.8) is 0 Å². The number of methoxy groups -OCH3 is 1. The minimum Gasteiger partial charge on any atom is -0.462 e. The minimum atomic E-state index is -1.88. The van der Waals surface area contributed by atoms with Crippen LogP contribution in [-0.4, -0.2) is 62.4 Å². The van der Waals surface area contributed by atoms with E-state index >= 15 is 0 Å². The van der Waals surface area contributed by atoms with E-state index < -0.39 is 48.7 Å². The third-order valence-corrected chi connectivity index (χ3v) is 2.90. The van der Waals surface area contributed by atoms with Crippen LogP contribution in [0.1, 0.15) is 20.8 Å². The van der Waals surface area contributed by atoms with Gasteiger partial charge in [-0.25, -0.2) is 4.39 Å². The van der Waals surface area contributed by atoms with Crippen molar-refractivity contribution in [1.29, 1.82) is 0 Å². The maximum absolute atomic E-state index is 13.8. The molecule has 126 valence electrons. The summed E-state index contributed by atoms with van der Waals surface area (Å²) in [6.45, 7) is 3.08. The van der Waals surface area contributed by atoms with Gasteiger partial charge in [0.2, 0.25) is 6.36 Å². The summed E-state index contributed by atoms with van der Waals surface area (Å²) in [4.78, 5) is 33.2. The molecule has 1 rings (SSSR count). The average Bonchev–Trinajstić information content (AvgIpc) is 2.69. The molecule has 22 heavy (non-hydrogen) atoms. The number of rotatable bonds is 6. The fourth-order valence-electron chi connectivity index (χ4n) is 2.12. The molecule has 0 unspecified atom stereocenters. The van der Waals surface area contributed by atoms with Crippen molar-refractivity contribution >= 4 is 17.9 Å². The summed E-state index contributed by atoms with van der Waals surface area (Å²) in [6.07, 6.45) is -6.49. The Morgan fingerprint density at radius 1 is 1.09 bits per heavy atom. The van der Waals surface area contributed by atoms with Crippen molar-refractivity contribution in [2.24, 2.45) is 0 Å². The van der Waals surface area contributed by atoms with Gasteiger partial charge in [0.25, 0.3) is 0 Å². The van der Waals surface area contributed by atoms with Crippen LogP contribution in [0.4, 0.5) is 4.39 Å². The van der Waals surface area contributed by atoms with Crippen LogP contribution < -0.4 is 0 Å². The van der Waals surface area contributed by atoms with E-state index in [2.05, 4.69) is 0 Å². The number of halogens is 1. The highest BCUT2D eigenvalue weighted by atomic mass is 19.1. The van der Waals surface area contributed by atoms with Gasteiger partial charge in [0.05, 0.1) is 0 Å². The lowest BCUT2D eigenvalue weighted by Crippen LogP contribution is -2.46. The smallest absolute Gasteiger partial charge is 0.303 e. The lowest BCUT2D eigenvalue weighted by molar-refractivity contribution is -0.177. The van der Waals surface area contributed by atoms with Gasteiger partial charge in [-0.3, -0.25) is 14.4 Å². The molecule has 1 saturated heterocycles. The Kier molecular flexibility index (Phi) is 6.69. The number of hydrogen-bond acceptors (Lipinski definition) is 8. The Morgan fingerprint density at radius 3 is 2.18 bits per heavy atom. The van der Waals surface area contributed by atoms with Crippen LogP contribution in [0.2, 0.25) is 0 Å². The van der Waals surface area contributed by atoms with Crippen molar-refractivity contribution in [3.8, 4) is 0 Å². The second-order valence-electron chi connectivity index (χ2n) is 4.68. The van der Waals surface area contributed by atoms with Crippen LogP contribution in [0.5, 0.6) is 0 Å². The highest BCUT2D eigenvalue weighted by molar-refractivity contribution is 5.67. The summed E-state index contributed by atoms with van der Waals surface area (Å²) in [5.41, 5.74) is 0. The lowest BCUT2D eigenvalue weighted by atomic mass is 10.1.